The van der Waals surface area contributed by atoms with Crippen LogP contribution in [0.1, 0.15) is 26.7 Å². The number of nitrogens with one attached hydrogen (secondary N) is 1. The molecule has 0 unspecified atom stereocenters. The van der Waals surface area contributed by atoms with Gasteiger partial charge in [0.2, 0.25) is 0 Å². The smallest absolute Gasteiger partial charge is 0.0731 e. The number of hydrogen-bond donors (Lipinski definition) is 1. The molecule has 0 spiro atoms. The average Bonchev–Trinajstić information content (AvgIpc) is 2.30. The Morgan fingerprint density at radius 1 is 1.27 bits per heavy atom. The molecule has 2 fully saturated rings. The van der Waals surface area contributed by atoms with Crippen LogP contribution < -0.4 is 5.32 Å². The zero-order valence-electron chi connectivity index (χ0n) is 10.0. The zero-order valence-corrected chi connectivity index (χ0v) is 10.0. The first-order valence-electron chi connectivity index (χ1n) is 6.33. The Morgan fingerprint density at radius 2 is 2.00 bits per heavy atom. The second-order valence-electron chi connectivity index (χ2n) is 5.09. The monoisotopic (exact) mass is 212 g/mol. The van der Waals surface area contributed by atoms with Crippen LogP contribution in [0.15, 0.2) is 0 Å². The van der Waals surface area contributed by atoms with E-state index in [0.717, 1.165) is 25.6 Å². The van der Waals surface area contributed by atoms with Gasteiger partial charge in [-0.3, -0.25) is 4.90 Å². The molecule has 1 N–H and O–H groups in total. The van der Waals surface area contributed by atoms with E-state index < -0.39 is 0 Å². The summed E-state index contributed by atoms with van der Waals surface area (Å²) in [6.45, 7) is 10.1. The van der Waals surface area contributed by atoms with Gasteiger partial charge >= 0.3 is 0 Å². The van der Waals surface area contributed by atoms with Crippen LogP contribution in [0.3, 0.4) is 0 Å². The largest absolute Gasteiger partial charge is 0.375 e. The molecule has 0 amide bonds. The molecule has 2 rings (SSSR count). The van der Waals surface area contributed by atoms with Crippen LogP contribution in [-0.4, -0.2) is 49.8 Å². The molecule has 3 nitrogen and oxygen atoms in total. The summed E-state index contributed by atoms with van der Waals surface area (Å²) >= 11 is 0. The third-order valence-electron chi connectivity index (χ3n) is 3.76. The molecule has 2 aliphatic rings. The Morgan fingerprint density at radius 3 is 2.67 bits per heavy atom. The molecule has 0 aromatic rings. The fourth-order valence-corrected chi connectivity index (χ4v) is 2.67. The quantitative estimate of drug-likeness (QED) is 0.742. The molecule has 15 heavy (non-hydrogen) atoms. The molecule has 2 saturated heterocycles. The van der Waals surface area contributed by atoms with Crippen molar-refractivity contribution in [2.75, 3.05) is 32.8 Å². The molecule has 3 heteroatoms. The average molecular weight is 212 g/mol. The highest BCUT2D eigenvalue weighted by Gasteiger charge is 2.29. The van der Waals surface area contributed by atoms with Crippen molar-refractivity contribution in [3.8, 4) is 0 Å². The minimum absolute atomic E-state index is 0.489. The number of hydrogen-bond acceptors (Lipinski definition) is 3. The molecular weight excluding hydrogens is 188 g/mol. The molecule has 0 radical (unpaired) electrons. The fraction of sp³-hybridized carbons (Fsp3) is 1.00. The van der Waals surface area contributed by atoms with Gasteiger partial charge < -0.3 is 10.1 Å². The Labute approximate surface area is 93.2 Å². The molecule has 2 aliphatic heterocycles. The Bertz CT molecular complexity index is 190. The predicted molar refractivity (Wildman–Crippen MR) is 62.0 cm³/mol. The maximum Gasteiger partial charge on any atom is 0.0731 e. The minimum atomic E-state index is 0.489. The summed E-state index contributed by atoms with van der Waals surface area (Å²) in [7, 11) is 0. The highest BCUT2D eigenvalue weighted by molar-refractivity contribution is 4.82. The van der Waals surface area contributed by atoms with Crippen molar-refractivity contribution in [2.45, 2.75) is 38.8 Å². The van der Waals surface area contributed by atoms with E-state index in [0.29, 0.717) is 12.1 Å². The van der Waals surface area contributed by atoms with Crippen LogP contribution in [0.4, 0.5) is 0 Å². The topological polar surface area (TPSA) is 24.5 Å². The summed E-state index contributed by atoms with van der Waals surface area (Å²) in [4.78, 5) is 2.55. The number of nitrogens with zero attached hydrogens (tertiary/aromatic N) is 1. The van der Waals surface area contributed by atoms with Gasteiger partial charge in [0.05, 0.1) is 12.7 Å². The van der Waals surface area contributed by atoms with E-state index in [9.17, 15) is 0 Å². The van der Waals surface area contributed by atoms with Crippen molar-refractivity contribution in [1.29, 1.82) is 0 Å². The summed E-state index contributed by atoms with van der Waals surface area (Å²) in [6.07, 6.45) is 3.07. The standard InChI is InChI=1S/C12H24N2O/c1-10(2)14-7-8-15-12(9-14)11-3-5-13-6-4-11/h10-13H,3-9H2,1-2H3/t12-/m0/s1. The maximum absolute atomic E-state index is 5.93. The van der Waals surface area contributed by atoms with E-state index in [4.69, 9.17) is 4.74 Å². The molecule has 0 aromatic carbocycles. The van der Waals surface area contributed by atoms with Crippen LogP contribution in [0.2, 0.25) is 0 Å². The normalized spacial score (nSPS) is 31.0. The van der Waals surface area contributed by atoms with Crippen molar-refractivity contribution in [2.24, 2.45) is 5.92 Å². The molecule has 88 valence electrons. The highest BCUT2D eigenvalue weighted by atomic mass is 16.5. The summed E-state index contributed by atoms with van der Waals surface area (Å²) < 4.78 is 5.93. The Balaban J connectivity index is 1.85. The molecular formula is C12H24N2O. The lowest BCUT2D eigenvalue weighted by molar-refractivity contribution is -0.0712. The lowest BCUT2D eigenvalue weighted by Gasteiger charge is -2.40. The van der Waals surface area contributed by atoms with Gasteiger partial charge in [-0.05, 0) is 45.7 Å². The molecule has 0 aromatic heterocycles. The van der Waals surface area contributed by atoms with Crippen molar-refractivity contribution in [1.82, 2.24) is 10.2 Å². The Hall–Kier alpha value is -0.120. The first kappa shape index (κ1) is 11.4. The van der Waals surface area contributed by atoms with Crippen molar-refractivity contribution < 1.29 is 4.74 Å². The van der Waals surface area contributed by atoms with Crippen LogP contribution in [0.25, 0.3) is 0 Å². The van der Waals surface area contributed by atoms with E-state index in [-0.39, 0.29) is 0 Å². The maximum atomic E-state index is 5.93. The van der Waals surface area contributed by atoms with Gasteiger partial charge in [-0.25, -0.2) is 0 Å². The molecule has 1 atom stereocenters. The van der Waals surface area contributed by atoms with Crippen LogP contribution in [0, 0.1) is 5.92 Å². The number of rotatable bonds is 2. The van der Waals surface area contributed by atoms with Gasteiger partial charge in [0, 0.05) is 19.1 Å². The summed E-state index contributed by atoms with van der Waals surface area (Å²) in [5.74, 6) is 0.785. The van der Waals surface area contributed by atoms with Gasteiger partial charge in [0.25, 0.3) is 0 Å². The third-order valence-corrected chi connectivity index (χ3v) is 3.76. The first-order chi connectivity index (χ1) is 7.27. The van der Waals surface area contributed by atoms with Crippen LogP contribution >= 0.6 is 0 Å². The van der Waals surface area contributed by atoms with Gasteiger partial charge in [0.15, 0.2) is 0 Å². The van der Waals surface area contributed by atoms with Crippen LogP contribution in [-0.2, 0) is 4.74 Å². The number of piperidine rings is 1. The first-order valence-corrected chi connectivity index (χ1v) is 6.33. The fourth-order valence-electron chi connectivity index (χ4n) is 2.67. The minimum Gasteiger partial charge on any atom is -0.375 e. The third kappa shape index (κ3) is 2.92. The summed E-state index contributed by atoms with van der Waals surface area (Å²) in [6, 6.07) is 0.665. The molecule has 0 saturated carbocycles. The van der Waals surface area contributed by atoms with Crippen molar-refractivity contribution >= 4 is 0 Å². The van der Waals surface area contributed by atoms with Gasteiger partial charge in [-0.15, -0.1) is 0 Å². The van der Waals surface area contributed by atoms with Gasteiger partial charge in [0.1, 0.15) is 0 Å². The second kappa shape index (κ2) is 5.28. The van der Waals surface area contributed by atoms with Crippen molar-refractivity contribution in [3.05, 3.63) is 0 Å². The molecule has 0 bridgehead atoms. The lowest BCUT2D eigenvalue weighted by Crippen LogP contribution is -2.50. The summed E-state index contributed by atoms with van der Waals surface area (Å²) in [5.41, 5.74) is 0. The van der Waals surface area contributed by atoms with E-state index in [1.165, 1.54) is 25.9 Å². The van der Waals surface area contributed by atoms with Gasteiger partial charge in [-0.2, -0.15) is 0 Å². The van der Waals surface area contributed by atoms with Crippen molar-refractivity contribution in [3.63, 3.8) is 0 Å². The van der Waals surface area contributed by atoms with E-state index in [1.54, 1.807) is 0 Å². The van der Waals surface area contributed by atoms with E-state index in [1.807, 2.05) is 0 Å². The number of ether oxygens (including phenoxy) is 1. The SMILES string of the molecule is CC(C)N1CCO[C@H](C2CCNCC2)C1. The number of morpholine rings is 1. The van der Waals surface area contributed by atoms with E-state index >= 15 is 0 Å². The van der Waals surface area contributed by atoms with Crippen LogP contribution in [0.5, 0.6) is 0 Å². The molecule has 2 heterocycles. The molecule has 0 aliphatic carbocycles. The zero-order chi connectivity index (χ0) is 10.7. The second-order valence-corrected chi connectivity index (χ2v) is 5.09. The lowest BCUT2D eigenvalue weighted by atomic mass is 9.91. The summed E-state index contributed by atoms with van der Waals surface area (Å²) in [5, 5.41) is 3.42. The highest BCUT2D eigenvalue weighted by Crippen LogP contribution is 2.22. The Kier molecular flexibility index (Phi) is 4.00. The van der Waals surface area contributed by atoms with Gasteiger partial charge in [-0.1, -0.05) is 0 Å². The van der Waals surface area contributed by atoms with E-state index in [2.05, 4.69) is 24.1 Å². The predicted octanol–water partition coefficient (Wildman–Crippen LogP) is 1.10.